The van der Waals surface area contributed by atoms with Gasteiger partial charge in [-0.2, -0.15) is 0 Å². The predicted octanol–water partition coefficient (Wildman–Crippen LogP) is 3.53. The number of rotatable bonds is 10. The van der Waals surface area contributed by atoms with Crippen LogP contribution in [0.1, 0.15) is 40.7 Å². The Hall–Kier alpha value is -2.93. The number of para-hydroxylation sites is 1. The second kappa shape index (κ2) is 11.2. The van der Waals surface area contributed by atoms with E-state index in [1.807, 2.05) is 32.0 Å². The van der Waals surface area contributed by atoms with Crippen molar-refractivity contribution >= 4 is 17.5 Å². The third-order valence-corrected chi connectivity index (χ3v) is 4.73. The van der Waals surface area contributed by atoms with E-state index in [4.69, 9.17) is 5.21 Å². The van der Waals surface area contributed by atoms with Crippen LogP contribution in [0.15, 0.2) is 48.5 Å². The normalized spacial score (nSPS) is 12.7. The van der Waals surface area contributed by atoms with Crippen LogP contribution in [-0.4, -0.2) is 35.8 Å². The number of anilines is 1. The lowest BCUT2D eigenvalue weighted by atomic mass is 10.0. The molecule has 4 N–H and O–H groups in total. The number of carbonyl (C=O) groups excluding carboxylic acids is 2. The molecule has 0 bridgehead atoms. The Kier molecular flexibility index (Phi) is 8.61. The van der Waals surface area contributed by atoms with Gasteiger partial charge in [0.05, 0.1) is 0 Å². The lowest BCUT2D eigenvalue weighted by Crippen LogP contribution is -2.34. The minimum atomic E-state index is -1.29. The van der Waals surface area contributed by atoms with E-state index in [1.165, 1.54) is 0 Å². The van der Waals surface area contributed by atoms with Crippen LogP contribution in [0.25, 0.3) is 0 Å². The maximum absolute atomic E-state index is 14.6. The van der Waals surface area contributed by atoms with Gasteiger partial charge >= 0.3 is 0 Å². The molecule has 0 saturated heterocycles. The number of carbonyl (C=O) groups is 2. The van der Waals surface area contributed by atoms with E-state index in [9.17, 15) is 14.0 Å². The number of halogens is 1. The first kappa shape index (κ1) is 22.4. The van der Waals surface area contributed by atoms with E-state index in [-0.39, 0.29) is 31.3 Å². The van der Waals surface area contributed by atoms with Gasteiger partial charge in [0.1, 0.15) is 6.17 Å². The summed E-state index contributed by atoms with van der Waals surface area (Å²) in [6, 6.07) is 14.2. The largest absolute Gasteiger partial charge is 0.382 e. The summed E-state index contributed by atoms with van der Waals surface area (Å²) in [6.45, 7) is 3.80. The highest BCUT2D eigenvalue weighted by Gasteiger charge is 2.19. The zero-order valence-corrected chi connectivity index (χ0v) is 16.7. The van der Waals surface area contributed by atoms with Crippen LogP contribution in [0.5, 0.6) is 0 Å². The SMILES string of the molecule is Cc1cccc(C)c1NC(CCC(=O)NO)CC(F)CNC(=O)c1ccccc1. The molecule has 2 amide bonds. The minimum Gasteiger partial charge on any atom is -0.382 e. The van der Waals surface area contributed by atoms with Gasteiger partial charge in [0.2, 0.25) is 5.91 Å². The number of hydrogen-bond donors (Lipinski definition) is 4. The molecule has 29 heavy (non-hydrogen) atoms. The highest BCUT2D eigenvalue weighted by atomic mass is 19.1. The van der Waals surface area contributed by atoms with E-state index in [0.717, 1.165) is 16.8 Å². The van der Waals surface area contributed by atoms with Gasteiger partial charge in [-0.1, -0.05) is 36.4 Å². The predicted molar refractivity (Wildman–Crippen MR) is 111 cm³/mol. The van der Waals surface area contributed by atoms with Crippen LogP contribution < -0.4 is 16.1 Å². The third-order valence-electron chi connectivity index (χ3n) is 4.73. The molecule has 7 heteroatoms. The summed E-state index contributed by atoms with van der Waals surface area (Å²) in [6.07, 6.45) is -0.779. The Morgan fingerprint density at radius 2 is 1.69 bits per heavy atom. The van der Waals surface area contributed by atoms with Gasteiger partial charge in [0.25, 0.3) is 5.91 Å². The molecule has 2 aromatic rings. The molecule has 0 radical (unpaired) electrons. The Morgan fingerprint density at radius 1 is 1.03 bits per heavy atom. The molecule has 2 rings (SSSR count). The van der Waals surface area contributed by atoms with E-state index < -0.39 is 12.1 Å². The van der Waals surface area contributed by atoms with Crippen molar-refractivity contribution in [3.8, 4) is 0 Å². The van der Waals surface area contributed by atoms with Gasteiger partial charge in [-0.3, -0.25) is 14.8 Å². The van der Waals surface area contributed by atoms with E-state index in [2.05, 4.69) is 10.6 Å². The summed E-state index contributed by atoms with van der Waals surface area (Å²) < 4.78 is 14.6. The smallest absolute Gasteiger partial charge is 0.251 e. The first-order valence-electron chi connectivity index (χ1n) is 9.63. The van der Waals surface area contributed by atoms with Crippen molar-refractivity contribution < 1.29 is 19.2 Å². The summed E-state index contributed by atoms with van der Waals surface area (Å²) in [7, 11) is 0. The van der Waals surface area contributed by atoms with Crippen molar-refractivity contribution in [2.75, 3.05) is 11.9 Å². The second-order valence-electron chi connectivity index (χ2n) is 7.09. The molecule has 0 aliphatic heterocycles. The first-order chi connectivity index (χ1) is 13.9. The number of hydrogen-bond acceptors (Lipinski definition) is 4. The summed E-state index contributed by atoms with van der Waals surface area (Å²) in [5.41, 5.74) is 5.03. The molecule has 2 atom stereocenters. The van der Waals surface area contributed by atoms with Crippen molar-refractivity contribution in [1.29, 1.82) is 0 Å². The third kappa shape index (κ3) is 7.19. The molecule has 156 valence electrons. The average Bonchev–Trinajstić information content (AvgIpc) is 2.73. The monoisotopic (exact) mass is 401 g/mol. The van der Waals surface area contributed by atoms with Gasteiger partial charge in [0, 0.05) is 36.7 Å². The van der Waals surface area contributed by atoms with Crippen LogP contribution in [0.2, 0.25) is 0 Å². The molecule has 0 aromatic heterocycles. The molecule has 0 aliphatic carbocycles. The zero-order chi connectivity index (χ0) is 21.2. The van der Waals surface area contributed by atoms with Gasteiger partial charge < -0.3 is 10.6 Å². The molecule has 0 saturated carbocycles. The quantitative estimate of drug-likeness (QED) is 0.362. The summed E-state index contributed by atoms with van der Waals surface area (Å²) >= 11 is 0. The molecule has 2 aromatic carbocycles. The topological polar surface area (TPSA) is 90.5 Å². The molecule has 2 unspecified atom stereocenters. The number of benzene rings is 2. The highest BCUT2D eigenvalue weighted by molar-refractivity contribution is 5.94. The highest BCUT2D eigenvalue weighted by Crippen LogP contribution is 2.23. The molecule has 0 fully saturated rings. The van der Waals surface area contributed by atoms with E-state index >= 15 is 0 Å². The van der Waals surface area contributed by atoms with Crippen LogP contribution in [0.3, 0.4) is 0 Å². The summed E-state index contributed by atoms with van der Waals surface area (Å²) in [5, 5.41) is 14.7. The Labute approximate surface area is 170 Å². The molecule has 0 heterocycles. The van der Waals surface area contributed by atoms with Gasteiger partial charge in [-0.05, 0) is 43.5 Å². The Bertz CT molecular complexity index is 794. The molecular weight excluding hydrogens is 373 g/mol. The van der Waals surface area contributed by atoms with Crippen molar-refractivity contribution in [1.82, 2.24) is 10.8 Å². The zero-order valence-electron chi connectivity index (χ0n) is 16.7. The average molecular weight is 401 g/mol. The minimum absolute atomic E-state index is 0.0577. The van der Waals surface area contributed by atoms with Crippen LogP contribution in [0.4, 0.5) is 10.1 Å². The lowest BCUT2D eigenvalue weighted by Gasteiger charge is -2.24. The fourth-order valence-corrected chi connectivity index (χ4v) is 3.14. The number of alkyl halides is 1. The maximum atomic E-state index is 14.6. The number of amides is 2. The number of aryl methyl sites for hydroxylation is 2. The fraction of sp³-hybridized carbons (Fsp3) is 0.364. The number of hydroxylamine groups is 1. The van der Waals surface area contributed by atoms with Crippen molar-refractivity contribution in [3.63, 3.8) is 0 Å². The Balaban J connectivity index is 1.98. The van der Waals surface area contributed by atoms with Crippen molar-refractivity contribution in [3.05, 3.63) is 65.2 Å². The van der Waals surface area contributed by atoms with E-state index in [0.29, 0.717) is 12.0 Å². The second-order valence-corrected chi connectivity index (χ2v) is 7.09. The summed E-state index contributed by atoms with van der Waals surface area (Å²) in [5.74, 6) is -0.849. The summed E-state index contributed by atoms with van der Waals surface area (Å²) in [4.78, 5) is 23.5. The van der Waals surface area contributed by atoms with Crippen molar-refractivity contribution in [2.45, 2.75) is 45.3 Å². The maximum Gasteiger partial charge on any atom is 0.251 e. The number of nitrogens with one attached hydrogen (secondary N) is 3. The van der Waals surface area contributed by atoms with Crippen molar-refractivity contribution in [2.24, 2.45) is 0 Å². The molecule has 0 aliphatic rings. The fourth-order valence-electron chi connectivity index (χ4n) is 3.14. The van der Waals surface area contributed by atoms with Gasteiger partial charge in [0.15, 0.2) is 0 Å². The van der Waals surface area contributed by atoms with Crippen LogP contribution >= 0.6 is 0 Å². The van der Waals surface area contributed by atoms with Gasteiger partial charge in [-0.15, -0.1) is 0 Å². The van der Waals surface area contributed by atoms with E-state index in [1.54, 1.807) is 35.8 Å². The molecular formula is C22H28FN3O3. The first-order valence-corrected chi connectivity index (χ1v) is 9.63. The standard InChI is InChI=1S/C22H28FN3O3/c1-15-7-6-8-16(2)21(15)25-19(11-12-20(27)26-29)13-18(23)14-24-22(28)17-9-4-3-5-10-17/h3-10,18-19,25,29H,11-14H2,1-2H3,(H,24,28)(H,26,27). The van der Waals surface area contributed by atoms with Crippen LogP contribution in [0, 0.1) is 13.8 Å². The molecule has 0 spiro atoms. The lowest BCUT2D eigenvalue weighted by molar-refractivity contribution is -0.129. The van der Waals surface area contributed by atoms with Crippen LogP contribution in [-0.2, 0) is 4.79 Å². The molecule has 6 nitrogen and oxygen atoms in total. The van der Waals surface area contributed by atoms with Gasteiger partial charge in [-0.25, -0.2) is 9.87 Å². The Morgan fingerprint density at radius 3 is 2.31 bits per heavy atom.